The molecule has 1 unspecified atom stereocenters. The number of ether oxygens (including phenoxy) is 1. The lowest BCUT2D eigenvalue weighted by atomic mass is 9.93. The van der Waals surface area contributed by atoms with Crippen LogP contribution in [0.3, 0.4) is 0 Å². The number of aromatic nitrogens is 2. The molecule has 1 aromatic carbocycles. The molecule has 7 heteroatoms. The van der Waals surface area contributed by atoms with Crippen molar-refractivity contribution in [2.75, 3.05) is 5.33 Å². The van der Waals surface area contributed by atoms with E-state index in [4.69, 9.17) is 9.72 Å². The third kappa shape index (κ3) is 3.90. The van der Waals surface area contributed by atoms with Gasteiger partial charge < -0.3 is 9.30 Å². The molecule has 3 aromatic rings. The van der Waals surface area contributed by atoms with Crippen molar-refractivity contribution in [3.8, 4) is 11.4 Å². The van der Waals surface area contributed by atoms with Crippen molar-refractivity contribution in [2.24, 2.45) is 0 Å². The van der Waals surface area contributed by atoms with Crippen molar-refractivity contribution < 1.29 is 13.9 Å². The van der Waals surface area contributed by atoms with Gasteiger partial charge in [-0.1, -0.05) is 29.8 Å². The predicted molar refractivity (Wildman–Crippen MR) is 132 cm³/mol. The molecular formula is C26H28BrFN2O3. The molecule has 2 aliphatic rings. The fraction of sp³-hybridized carbons (Fsp3) is 0.423. The number of benzene rings is 1. The molecule has 2 aromatic heterocycles. The number of halogens is 2. The molecule has 0 radical (unpaired) electrons. The van der Waals surface area contributed by atoms with Gasteiger partial charge in [-0.15, -0.1) is 0 Å². The Hall–Kier alpha value is -2.54. The molecule has 0 amide bonds. The van der Waals surface area contributed by atoms with E-state index in [0.29, 0.717) is 34.4 Å². The number of fused-ring (bicyclic) bond motifs is 5. The number of rotatable bonds is 4. The predicted octanol–water partition coefficient (Wildman–Crippen LogP) is 5.78. The summed E-state index contributed by atoms with van der Waals surface area (Å²) in [4.78, 5) is 30.1. The van der Waals surface area contributed by atoms with Gasteiger partial charge >= 0.3 is 5.97 Å². The van der Waals surface area contributed by atoms with Gasteiger partial charge in [-0.25, -0.2) is 9.37 Å². The largest absolute Gasteiger partial charge is 0.460 e. The molecule has 0 saturated heterocycles. The second-order valence-electron chi connectivity index (χ2n) is 8.37. The van der Waals surface area contributed by atoms with Gasteiger partial charge in [0.2, 0.25) is 0 Å². The SMILES string of the molecule is CC.Cc1cc2c(CCCCBr)c3c(nc2cc1F)-c1cc2c(c(=O)n1C3)COC(=O)C2C. The van der Waals surface area contributed by atoms with Gasteiger partial charge in [0.15, 0.2) is 0 Å². The summed E-state index contributed by atoms with van der Waals surface area (Å²) in [5.41, 5.74) is 5.86. The highest BCUT2D eigenvalue weighted by Gasteiger charge is 2.33. The van der Waals surface area contributed by atoms with Gasteiger partial charge in [0.1, 0.15) is 12.4 Å². The number of alkyl halides is 1. The standard InChI is InChI=1S/C24H22BrFN2O3.C2H6/c1-12-7-16-14(5-3-4-6-25)17-10-28-21(22(17)27-20(16)9-19(12)26)8-15-13(2)24(30)31-11-18(15)23(28)29;1-2/h7-9,13H,3-6,10-11H2,1-2H3;1-2H3. The molecule has 33 heavy (non-hydrogen) atoms. The Kier molecular flexibility index (Phi) is 6.71. The average Bonchev–Trinajstić information content (AvgIpc) is 3.17. The lowest BCUT2D eigenvalue weighted by molar-refractivity contribution is -0.147. The van der Waals surface area contributed by atoms with Crippen LogP contribution in [0.1, 0.15) is 67.3 Å². The van der Waals surface area contributed by atoms with E-state index in [2.05, 4.69) is 15.9 Å². The summed E-state index contributed by atoms with van der Waals surface area (Å²) in [5.74, 6) is -1.11. The third-order valence-corrected chi connectivity index (χ3v) is 7.03. The monoisotopic (exact) mass is 514 g/mol. The van der Waals surface area contributed by atoms with E-state index in [1.54, 1.807) is 18.4 Å². The van der Waals surface area contributed by atoms with Crippen molar-refractivity contribution >= 4 is 32.8 Å². The summed E-state index contributed by atoms with van der Waals surface area (Å²) in [7, 11) is 0. The first-order valence-corrected chi connectivity index (χ1v) is 12.6. The second kappa shape index (κ2) is 9.37. The number of hydrogen-bond donors (Lipinski definition) is 0. The van der Waals surface area contributed by atoms with Gasteiger partial charge in [-0.3, -0.25) is 9.59 Å². The molecule has 0 fully saturated rings. The highest BCUT2D eigenvalue weighted by Crippen LogP contribution is 2.39. The van der Waals surface area contributed by atoms with E-state index < -0.39 is 5.92 Å². The number of cyclic esters (lactones) is 1. The van der Waals surface area contributed by atoms with Gasteiger partial charge in [-0.05, 0) is 61.9 Å². The number of hydrogen-bond acceptors (Lipinski definition) is 4. The van der Waals surface area contributed by atoms with Crippen LogP contribution < -0.4 is 5.56 Å². The lowest BCUT2D eigenvalue weighted by Crippen LogP contribution is -2.31. The summed E-state index contributed by atoms with van der Waals surface area (Å²) in [5, 5.41) is 1.87. The highest BCUT2D eigenvalue weighted by atomic mass is 79.9. The molecule has 174 valence electrons. The molecule has 1 atom stereocenters. The minimum atomic E-state index is -0.495. The lowest BCUT2D eigenvalue weighted by Gasteiger charge is -2.22. The van der Waals surface area contributed by atoms with E-state index >= 15 is 0 Å². The second-order valence-corrected chi connectivity index (χ2v) is 9.16. The summed E-state index contributed by atoms with van der Waals surface area (Å²) >= 11 is 3.49. The normalized spacial score (nSPS) is 15.9. The first kappa shape index (κ1) is 23.6. The third-order valence-electron chi connectivity index (χ3n) is 6.47. The topological polar surface area (TPSA) is 61.2 Å². The summed E-state index contributed by atoms with van der Waals surface area (Å²) in [6.45, 7) is 7.95. The number of pyridine rings is 2. The first-order chi connectivity index (χ1) is 15.9. The van der Waals surface area contributed by atoms with E-state index in [1.165, 1.54) is 6.07 Å². The van der Waals surface area contributed by atoms with Gasteiger partial charge in [0, 0.05) is 22.3 Å². The van der Waals surface area contributed by atoms with Gasteiger partial charge in [-0.2, -0.15) is 0 Å². The van der Waals surface area contributed by atoms with Crippen molar-refractivity contribution in [1.29, 1.82) is 0 Å². The van der Waals surface area contributed by atoms with Crippen LogP contribution in [-0.2, 0) is 29.1 Å². The zero-order valence-electron chi connectivity index (χ0n) is 19.4. The Morgan fingerprint density at radius 2 is 1.94 bits per heavy atom. The van der Waals surface area contributed by atoms with E-state index in [9.17, 15) is 14.0 Å². The minimum absolute atomic E-state index is 0.00584. The number of carbonyl (C=O) groups is 1. The maximum atomic E-state index is 14.4. The molecule has 0 spiro atoms. The average molecular weight is 515 g/mol. The quantitative estimate of drug-likeness (QED) is 0.197. The van der Waals surface area contributed by atoms with Gasteiger partial charge in [0.05, 0.1) is 34.9 Å². The highest BCUT2D eigenvalue weighted by molar-refractivity contribution is 9.09. The van der Waals surface area contributed by atoms with Crippen molar-refractivity contribution in [3.05, 3.63) is 62.2 Å². The van der Waals surface area contributed by atoms with Crippen LogP contribution in [0.25, 0.3) is 22.3 Å². The van der Waals surface area contributed by atoms with Gasteiger partial charge in [0.25, 0.3) is 5.56 Å². The molecule has 5 rings (SSSR count). The summed E-state index contributed by atoms with van der Waals surface area (Å²) in [6.07, 6.45) is 2.84. The first-order valence-electron chi connectivity index (χ1n) is 11.5. The molecule has 0 N–H and O–H groups in total. The minimum Gasteiger partial charge on any atom is -0.460 e. The molecule has 5 nitrogen and oxygen atoms in total. The Morgan fingerprint density at radius 1 is 1.18 bits per heavy atom. The number of nitrogens with zero attached hydrogens (tertiary/aromatic N) is 2. The van der Waals surface area contributed by atoms with Crippen LogP contribution in [0, 0.1) is 12.7 Å². The van der Waals surface area contributed by atoms with Crippen LogP contribution in [0.15, 0.2) is 23.0 Å². The maximum Gasteiger partial charge on any atom is 0.313 e. The van der Waals surface area contributed by atoms with Crippen LogP contribution in [0.5, 0.6) is 0 Å². The summed E-state index contributed by atoms with van der Waals surface area (Å²) < 4.78 is 21.3. The summed E-state index contributed by atoms with van der Waals surface area (Å²) in [6, 6.07) is 5.25. The van der Waals surface area contributed by atoms with Crippen LogP contribution in [0.4, 0.5) is 4.39 Å². The fourth-order valence-corrected chi connectivity index (χ4v) is 5.11. The zero-order valence-corrected chi connectivity index (χ0v) is 21.0. The van der Waals surface area contributed by atoms with Crippen molar-refractivity contribution in [2.45, 2.75) is 66.0 Å². The van der Waals surface area contributed by atoms with E-state index in [-0.39, 0.29) is 24.0 Å². The van der Waals surface area contributed by atoms with Crippen LogP contribution in [0.2, 0.25) is 0 Å². The maximum absolute atomic E-state index is 14.4. The molecule has 2 aliphatic heterocycles. The smallest absolute Gasteiger partial charge is 0.313 e. The van der Waals surface area contributed by atoms with E-state index in [0.717, 1.165) is 46.8 Å². The zero-order chi connectivity index (χ0) is 23.9. The molecule has 0 aliphatic carbocycles. The number of esters is 1. The van der Waals surface area contributed by atoms with E-state index in [1.807, 2.05) is 26.0 Å². The molecule has 0 bridgehead atoms. The number of unbranched alkanes of at least 4 members (excludes halogenated alkanes) is 1. The van der Waals surface area contributed by atoms with Crippen molar-refractivity contribution in [3.63, 3.8) is 0 Å². The van der Waals surface area contributed by atoms with Crippen LogP contribution >= 0.6 is 15.9 Å². The Morgan fingerprint density at radius 3 is 2.67 bits per heavy atom. The molecule has 0 saturated carbocycles. The Balaban J connectivity index is 0.00000126. The molecular weight excluding hydrogens is 487 g/mol. The number of carbonyl (C=O) groups excluding carboxylic acids is 1. The van der Waals surface area contributed by atoms with Crippen molar-refractivity contribution in [1.82, 2.24) is 9.55 Å². The Labute approximate surface area is 201 Å². The number of aryl methyl sites for hydroxylation is 2. The Bertz CT molecular complexity index is 1320. The molecule has 4 heterocycles. The van der Waals surface area contributed by atoms with Crippen LogP contribution in [-0.4, -0.2) is 20.9 Å². The fourth-order valence-electron chi connectivity index (χ4n) is 4.71.